The summed E-state index contributed by atoms with van der Waals surface area (Å²) in [4.78, 5) is 24.3. The van der Waals surface area contributed by atoms with Crippen molar-refractivity contribution in [1.29, 1.82) is 0 Å². The molecule has 1 rings (SSSR count). The highest BCUT2D eigenvalue weighted by molar-refractivity contribution is 5.83. The van der Waals surface area contributed by atoms with Crippen LogP contribution < -0.4 is 0 Å². The SMILES string of the molecule is CC=C=C(CCCCCCC)[C@@H](OC(=O)[C@H](OC)c1ccccc1)C(=O)O. The lowest BCUT2D eigenvalue weighted by Gasteiger charge is -2.20. The van der Waals surface area contributed by atoms with Crippen molar-refractivity contribution in [3.8, 4) is 0 Å². The second kappa shape index (κ2) is 12.9. The first-order chi connectivity index (χ1) is 13.0. The van der Waals surface area contributed by atoms with Crippen LogP contribution in [0.3, 0.4) is 0 Å². The number of hydrogen-bond acceptors (Lipinski definition) is 4. The number of hydrogen-bond donors (Lipinski definition) is 1. The van der Waals surface area contributed by atoms with Gasteiger partial charge in [-0.25, -0.2) is 9.59 Å². The fourth-order valence-electron chi connectivity index (χ4n) is 2.83. The zero-order valence-electron chi connectivity index (χ0n) is 16.4. The van der Waals surface area contributed by atoms with Crippen molar-refractivity contribution in [2.24, 2.45) is 0 Å². The number of carboxylic acid groups (broad SMARTS) is 1. The minimum absolute atomic E-state index is 0.470. The Hall–Kier alpha value is -2.36. The van der Waals surface area contributed by atoms with Crippen molar-refractivity contribution in [2.75, 3.05) is 7.11 Å². The molecule has 5 heteroatoms. The predicted octanol–water partition coefficient (Wildman–Crippen LogP) is 4.83. The quantitative estimate of drug-likeness (QED) is 0.322. The summed E-state index contributed by atoms with van der Waals surface area (Å²) < 4.78 is 10.6. The zero-order chi connectivity index (χ0) is 20.1. The summed E-state index contributed by atoms with van der Waals surface area (Å²) in [6.07, 6.45) is 5.11. The molecule has 1 aromatic rings. The second-order valence-corrected chi connectivity index (χ2v) is 6.30. The van der Waals surface area contributed by atoms with Gasteiger partial charge in [-0.2, -0.15) is 0 Å². The first kappa shape index (κ1) is 22.7. The molecule has 0 amide bonds. The lowest BCUT2D eigenvalue weighted by Crippen LogP contribution is -2.31. The molecule has 0 fully saturated rings. The Morgan fingerprint density at radius 2 is 1.81 bits per heavy atom. The Balaban J connectivity index is 2.86. The van der Waals surface area contributed by atoms with Crippen molar-refractivity contribution >= 4 is 11.9 Å². The highest BCUT2D eigenvalue weighted by atomic mass is 16.6. The van der Waals surface area contributed by atoms with Crippen molar-refractivity contribution in [2.45, 2.75) is 64.6 Å². The van der Waals surface area contributed by atoms with E-state index in [1.165, 1.54) is 7.11 Å². The molecule has 1 aromatic carbocycles. The van der Waals surface area contributed by atoms with Gasteiger partial charge in [0.1, 0.15) is 0 Å². The molecule has 1 N–H and O–H groups in total. The normalized spacial score (nSPS) is 12.6. The summed E-state index contributed by atoms with van der Waals surface area (Å²) >= 11 is 0. The van der Waals surface area contributed by atoms with Gasteiger partial charge < -0.3 is 14.6 Å². The van der Waals surface area contributed by atoms with E-state index in [-0.39, 0.29) is 0 Å². The van der Waals surface area contributed by atoms with E-state index in [1.54, 1.807) is 37.3 Å². The molecule has 27 heavy (non-hydrogen) atoms. The molecule has 2 atom stereocenters. The number of aliphatic carboxylic acids is 1. The standard InChI is InChI=1S/C22H30O5/c1-4-6-7-8-10-14-17(13-5-2)19(21(23)24)27-22(25)20(26-3)18-15-11-9-12-16-18/h5,9,11-12,15-16,19-20H,4,6-8,10,14H2,1-3H3,(H,23,24)/t13?,19-,20-/m1/s1. The number of methoxy groups -OCH3 is 1. The van der Waals surface area contributed by atoms with Crippen LogP contribution in [0.1, 0.15) is 64.0 Å². The second-order valence-electron chi connectivity index (χ2n) is 6.30. The first-order valence-electron chi connectivity index (χ1n) is 9.46. The van der Waals surface area contributed by atoms with Gasteiger partial charge in [0.15, 0.2) is 6.10 Å². The third-order valence-electron chi connectivity index (χ3n) is 4.21. The molecular formula is C22H30O5. The number of carbonyl (C=O) groups excluding carboxylic acids is 1. The zero-order valence-corrected chi connectivity index (χ0v) is 16.4. The molecule has 148 valence electrons. The average Bonchev–Trinajstić information content (AvgIpc) is 2.66. The molecule has 0 saturated carbocycles. The van der Waals surface area contributed by atoms with Gasteiger partial charge in [0, 0.05) is 12.7 Å². The minimum Gasteiger partial charge on any atom is -0.478 e. The van der Waals surface area contributed by atoms with E-state index in [1.807, 2.05) is 6.07 Å². The summed E-state index contributed by atoms with van der Waals surface area (Å²) in [5.74, 6) is -1.93. The van der Waals surface area contributed by atoms with E-state index in [4.69, 9.17) is 9.47 Å². The number of carbonyl (C=O) groups is 2. The molecule has 0 bridgehead atoms. The van der Waals surface area contributed by atoms with E-state index >= 15 is 0 Å². The van der Waals surface area contributed by atoms with Gasteiger partial charge in [0.05, 0.1) is 0 Å². The fourth-order valence-corrected chi connectivity index (χ4v) is 2.83. The van der Waals surface area contributed by atoms with Gasteiger partial charge in [-0.15, -0.1) is 5.73 Å². The Kier molecular flexibility index (Phi) is 10.8. The van der Waals surface area contributed by atoms with Crippen LogP contribution in [0.4, 0.5) is 0 Å². The summed E-state index contributed by atoms with van der Waals surface area (Å²) in [6, 6.07) is 8.87. The van der Waals surface area contributed by atoms with E-state index < -0.39 is 24.1 Å². The summed E-state index contributed by atoms with van der Waals surface area (Å²) in [6.45, 7) is 3.91. The number of carboxylic acids is 1. The van der Waals surface area contributed by atoms with Crippen molar-refractivity contribution in [3.63, 3.8) is 0 Å². The van der Waals surface area contributed by atoms with Crippen molar-refractivity contribution < 1.29 is 24.2 Å². The molecule has 0 heterocycles. The van der Waals surface area contributed by atoms with Crippen LogP contribution in [0.2, 0.25) is 0 Å². The molecule has 0 spiro atoms. The average molecular weight is 374 g/mol. The van der Waals surface area contributed by atoms with Crippen LogP contribution in [-0.4, -0.2) is 30.3 Å². The van der Waals surface area contributed by atoms with Crippen molar-refractivity contribution in [1.82, 2.24) is 0 Å². The van der Waals surface area contributed by atoms with Crippen LogP contribution in [0.15, 0.2) is 47.7 Å². The molecule has 0 aliphatic rings. The smallest absolute Gasteiger partial charge is 0.350 e. The Morgan fingerprint density at radius 1 is 1.15 bits per heavy atom. The number of ether oxygens (including phenoxy) is 2. The fraction of sp³-hybridized carbons (Fsp3) is 0.500. The maximum Gasteiger partial charge on any atom is 0.350 e. The maximum absolute atomic E-state index is 12.6. The van der Waals surface area contributed by atoms with Crippen LogP contribution in [0.5, 0.6) is 0 Å². The van der Waals surface area contributed by atoms with E-state index in [0.717, 1.165) is 32.1 Å². The molecule has 0 radical (unpaired) electrons. The van der Waals surface area contributed by atoms with Crippen LogP contribution in [0, 0.1) is 0 Å². The molecule has 5 nitrogen and oxygen atoms in total. The minimum atomic E-state index is -1.36. The highest BCUT2D eigenvalue weighted by Crippen LogP contribution is 2.22. The Morgan fingerprint density at radius 3 is 2.37 bits per heavy atom. The van der Waals surface area contributed by atoms with Crippen LogP contribution in [-0.2, 0) is 19.1 Å². The van der Waals surface area contributed by atoms with E-state index in [9.17, 15) is 14.7 Å². The molecule has 0 aliphatic heterocycles. The molecule has 0 aromatic heterocycles. The van der Waals surface area contributed by atoms with E-state index in [2.05, 4.69) is 12.7 Å². The van der Waals surface area contributed by atoms with Gasteiger partial charge >= 0.3 is 11.9 Å². The third-order valence-corrected chi connectivity index (χ3v) is 4.21. The van der Waals surface area contributed by atoms with Crippen molar-refractivity contribution in [3.05, 3.63) is 53.3 Å². The number of unbranched alkanes of at least 4 members (excludes halogenated alkanes) is 4. The molecule has 0 saturated heterocycles. The van der Waals surface area contributed by atoms with E-state index in [0.29, 0.717) is 17.6 Å². The lowest BCUT2D eigenvalue weighted by molar-refractivity contribution is -0.169. The monoisotopic (exact) mass is 374 g/mol. The van der Waals surface area contributed by atoms with Gasteiger partial charge in [0.25, 0.3) is 0 Å². The summed E-state index contributed by atoms with van der Waals surface area (Å²) in [5.41, 5.74) is 4.04. The molecule has 0 aliphatic carbocycles. The number of esters is 1. The largest absolute Gasteiger partial charge is 0.478 e. The third kappa shape index (κ3) is 7.81. The van der Waals surface area contributed by atoms with Gasteiger partial charge in [-0.1, -0.05) is 62.9 Å². The first-order valence-corrected chi connectivity index (χ1v) is 9.46. The van der Waals surface area contributed by atoms with Crippen LogP contribution >= 0.6 is 0 Å². The van der Waals surface area contributed by atoms with Crippen LogP contribution in [0.25, 0.3) is 0 Å². The summed E-state index contributed by atoms with van der Waals surface area (Å²) in [5, 5.41) is 9.59. The molecule has 0 unspecified atom stereocenters. The maximum atomic E-state index is 12.6. The highest BCUT2D eigenvalue weighted by Gasteiger charge is 2.31. The van der Waals surface area contributed by atoms with Gasteiger partial charge in [-0.05, 0) is 31.4 Å². The Labute approximate surface area is 161 Å². The molecular weight excluding hydrogens is 344 g/mol. The number of rotatable bonds is 12. The Bertz CT molecular complexity index is 644. The number of benzene rings is 1. The summed E-state index contributed by atoms with van der Waals surface area (Å²) in [7, 11) is 1.39. The lowest BCUT2D eigenvalue weighted by atomic mass is 10.0. The predicted molar refractivity (Wildman–Crippen MR) is 104 cm³/mol. The topological polar surface area (TPSA) is 72.8 Å². The van der Waals surface area contributed by atoms with Gasteiger partial charge in [-0.3, -0.25) is 0 Å². The van der Waals surface area contributed by atoms with Gasteiger partial charge in [0.2, 0.25) is 6.10 Å².